The number of rotatable bonds is 11. The fraction of sp³-hybridized carbons (Fsp3) is 0.231. The highest BCUT2D eigenvalue weighted by molar-refractivity contribution is 6.04. The van der Waals surface area contributed by atoms with Crippen LogP contribution < -0.4 is 10.6 Å². The molecule has 0 bridgehead atoms. The number of ether oxygens (including phenoxy) is 2. The van der Waals surface area contributed by atoms with Gasteiger partial charge >= 0.3 is 0 Å². The Morgan fingerprint density at radius 2 is 1.81 bits per heavy atom. The fourth-order valence-electron chi connectivity index (χ4n) is 3.43. The number of hydrogen-bond acceptors (Lipinski definition) is 8. The predicted octanol–water partition coefficient (Wildman–Crippen LogP) is 3.28. The summed E-state index contributed by atoms with van der Waals surface area (Å²) in [6.07, 6.45) is 5.01. The Balaban J connectivity index is 1.52. The number of carbonyl (C=O) groups is 2. The molecule has 2 N–H and O–H groups in total. The first-order valence-corrected chi connectivity index (χ1v) is 11.6. The van der Waals surface area contributed by atoms with Gasteiger partial charge in [0.15, 0.2) is 0 Å². The quantitative estimate of drug-likeness (QED) is 0.299. The summed E-state index contributed by atoms with van der Waals surface area (Å²) in [6, 6.07) is 14.1. The molecule has 0 aliphatic rings. The number of anilines is 2. The van der Waals surface area contributed by atoms with Gasteiger partial charge < -0.3 is 20.1 Å². The fourth-order valence-corrected chi connectivity index (χ4v) is 3.43. The van der Waals surface area contributed by atoms with Crippen molar-refractivity contribution in [2.75, 3.05) is 37.6 Å². The van der Waals surface area contributed by atoms with Crippen molar-refractivity contribution in [3.8, 4) is 22.6 Å². The zero-order chi connectivity index (χ0) is 26.0. The van der Waals surface area contributed by atoms with Crippen LogP contribution in [0.5, 0.6) is 0 Å². The summed E-state index contributed by atoms with van der Waals surface area (Å²) in [5.74, 6) is -0.157. The average Bonchev–Trinajstić information content (AvgIpc) is 3.31. The largest absolute Gasteiger partial charge is 0.382 e. The summed E-state index contributed by atoms with van der Waals surface area (Å²) in [5, 5.41) is 10.1. The SMILES string of the molecule is COCCOCCn1cc(NC(=O)c2cccc(-c3ccc(NC(C)=O)nc3)n2)c(-c2ccccn2)n1. The van der Waals surface area contributed by atoms with Crippen molar-refractivity contribution in [1.82, 2.24) is 24.7 Å². The van der Waals surface area contributed by atoms with E-state index in [9.17, 15) is 9.59 Å². The molecule has 0 aliphatic heterocycles. The lowest BCUT2D eigenvalue weighted by atomic mass is 10.1. The van der Waals surface area contributed by atoms with E-state index in [1.165, 1.54) is 6.92 Å². The Labute approximate surface area is 213 Å². The van der Waals surface area contributed by atoms with Gasteiger partial charge in [-0.15, -0.1) is 0 Å². The van der Waals surface area contributed by atoms with E-state index in [1.54, 1.807) is 60.7 Å². The molecule has 0 unspecified atom stereocenters. The van der Waals surface area contributed by atoms with Crippen LogP contribution in [0.1, 0.15) is 17.4 Å². The van der Waals surface area contributed by atoms with Gasteiger partial charge in [-0.3, -0.25) is 19.3 Å². The highest BCUT2D eigenvalue weighted by Crippen LogP contribution is 2.25. The summed E-state index contributed by atoms with van der Waals surface area (Å²) in [5.41, 5.74) is 3.19. The van der Waals surface area contributed by atoms with E-state index in [1.807, 2.05) is 18.2 Å². The summed E-state index contributed by atoms with van der Waals surface area (Å²) in [7, 11) is 1.62. The number of aromatic nitrogens is 5. The second-order valence-electron chi connectivity index (χ2n) is 7.95. The molecular weight excluding hydrogens is 474 g/mol. The lowest BCUT2D eigenvalue weighted by Crippen LogP contribution is -2.14. The van der Waals surface area contributed by atoms with Crippen LogP contribution >= 0.6 is 0 Å². The minimum absolute atomic E-state index is 0.205. The van der Waals surface area contributed by atoms with Crippen LogP contribution in [-0.2, 0) is 20.8 Å². The minimum Gasteiger partial charge on any atom is -0.382 e. The Morgan fingerprint density at radius 1 is 0.946 bits per heavy atom. The van der Waals surface area contributed by atoms with Crippen molar-refractivity contribution >= 4 is 23.3 Å². The summed E-state index contributed by atoms with van der Waals surface area (Å²) >= 11 is 0. The normalized spacial score (nSPS) is 10.8. The molecular formula is C26H27N7O4. The van der Waals surface area contributed by atoms with Gasteiger partial charge in [0.2, 0.25) is 5.91 Å². The zero-order valence-electron chi connectivity index (χ0n) is 20.5. The molecule has 11 heteroatoms. The molecule has 0 atom stereocenters. The minimum atomic E-state index is -0.391. The Morgan fingerprint density at radius 3 is 2.54 bits per heavy atom. The molecule has 0 saturated carbocycles. The molecule has 4 rings (SSSR count). The van der Waals surface area contributed by atoms with Crippen molar-refractivity contribution in [3.05, 3.63) is 72.8 Å². The van der Waals surface area contributed by atoms with Crippen LogP contribution in [0.4, 0.5) is 11.5 Å². The number of nitrogens with zero attached hydrogens (tertiary/aromatic N) is 5. The van der Waals surface area contributed by atoms with Crippen molar-refractivity contribution in [1.29, 1.82) is 0 Å². The molecule has 0 spiro atoms. The zero-order valence-corrected chi connectivity index (χ0v) is 20.5. The number of carbonyl (C=O) groups excluding carboxylic acids is 2. The first-order chi connectivity index (χ1) is 18.0. The summed E-state index contributed by atoms with van der Waals surface area (Å²) < 4.78 is 12.2. The summed E-state index contributed by atoms with van der Waals surface area (Å²) in [6.45, 7) is 3.36. The lowest BCUT2D eigenvalue weighted by Gasteiger charge is -2.07. The topological polar surface area (TPSA) is 133 Å². The van der Waals surface area contributed by atoms with Gasteiger partial charge in [0, 0.05) is 38.2 Å². The van der Waals surface area contributed by atoms with Gasteiger partial charge in [-0.1, -0.05) is 12.1 Å². The van der Waals surface area contributed by atoms with Crippen molar-refractivity contribution in [3.63, 3.8) is 0 Å². The number of hydrogen-bond donors (Lipinski definition) is 2. The lowest BCUT2D eigenvalue weighted by molar-refractivity contribution is -0.114. The molecule has 0 radical (unpaired) electrons. The van der Waals surface area contributed by atoms with Crippen LogP contribution in [0.2, 0.25) is 0 Å². The molecule has 4 aromatic rings. The number of nitrogens with one attached hydrogen (secondary N) is 2. The van der Waals surface area contributed by atoms with Gasteiger partial charge in [0.1, 0.15) is 17.2 Å². The molecule has 11 nitrogen and oxygen atoms in total. The third kappa shape index (κ3) is 7.03. The van der Waals surface area contributed by atoms with Crippen molar-refractivity contribution in [2.24, 2.45) is 0 Å². The van der Waals surface area contributed by atoms with E-state index in [4.69, 9.17) is 9.47 Å². The van der Waals surface area contributed by atoms with Gasteiger partial charge in [-0.2, -0.15) is 5.10 Å². The maximum absolute atomic E-state index is 13.2. The second-order valence-corrected chi connectivity index (χ2v) is 7.95. The molecule has 0 saturated heterocycles. The number of amides is 2. The second kappa shape index (κ2) is 12.5. The van der Waals surface area contributed by atoms with Gasteiger partial charge in [-0.05, 0) is 36.4 Å². The molecule has 2 amide bonds. The van der Waals surface area contributed by atoms with E-state index in [0.717, 1.165) is 0 Å². The van der Waals surface area contributed by atoms with Gasteiger partial charge in [-0.25, -0.2) is 9.97 Å². The molecule has 190 valence electrons. The number of pyridine rings is 3. The Kier molecular flexibility index (Phi) is 8.63. The monoisotopic (exact) mass is 501 g/mol. The Hall–Kier alpha value is -4.48. The maximum atomic E-state index is 13.2. The first kappa shape index (κ1) is 25.6. The molecule has 0 aliphatic carbocycles. The Bertz CT molecular complexity index is 1340. The summed E-state index contributed by atoms with van der Waals surface area (Å²) in [4.78, 5) is 37.5. The highest BCUT2D eigenvalue weighted by Gasteiger charge is 2.17. The van der Waals surface area contributed by atoms with Crippen LogP contribution in [0.25, 0.3) is 22.6 Å². The molecule has 0 fully saturated rings. The number of methoxy groups -OCH3 is 1. The average molecular weight is 502 g/mol. The van der Waals surface area contributed by atoms with Crippen molar-refractivity contribution < 1.29 is 19.1 Å². The predicted molar refractivity (Wildman–Crippen MR) is 138 cm³/mol. The smallest absolute Gasteiger partial charge is 0.274 e. The molecule has 0 aromatic carbocycles. The van der Waals surface area contributed by atoms with Gasteiger partial charge in [0.25, 0.3) is 5.91 Å². The van der Waals surface area contributed by atoms with Crippen molar-refractivity contribution in [2.45, 2.75) is 13.5 Å². The van der Waals surface area contributed by atoms with E-state index in [0.29, 0.717) is 60.5 Å². The maximum Gasteiger partial charge on any atom is 0.274 e. The molecule has 4 heterocycles. The van der Waals surface area contributed by atoms with E-state index in [-0.39, 0.29) is 11.6 Å². The van der Waals surface area contributed by atoms with Crippen LogP contribution in [0.3, 0.4) is 0 Å². The third-order valence-corrected chi connectivity index (χ3v) is 5.16. The van der Waals surface area contributed by atoms with E-state index < -0.39 is 5.91 Å². The standard InChI is InChI=1S/C26H27N7O4/c1-18(34)29-24-10-9-19(16-28-24)20-7-5-8-22(30-20)26(35)31-23-17-33(12-13-37-15-14-36-2)32-25(23)21-6-3-4-11-27-21/h3-11,16-17H,12-15H2,1-2H3,(H,31,35)(H,28,29,34). The third-order valence-electron chi connectivity index (χ3n) is 5.16. The van der Waals surface area contributed by atoms with Gasteiger partial charge in [0.05, 0.1) is 43.4 Å². The van der Waals surface area contributed by atoms with Crippen LogP contribution in [0, 0.1) is 0 Å². The van der Waals surface area contributed by atoms with E-state index >= 15 is 0 Å². The van der Waals surface area contributed by atoms with E-state index in [2.05, 4.69) is 30.7 Å². The van der Waals surface area contributed by atoms with Crippen LogP contribution in [-0.4, -0.2) is 63.5 Å². The molecule has 4 aromatic heterocycles. The molecule has 37 heavy (non-hydrogen) atoms. The van der Waals surface area contributed by atoms with Crippen LogP contribution in [0.15, 0.2) is 67.1 Å². The first-order valence-electron chi connectivity index (χ1n) is 11.6. The highest BCUT2D eigenvalue weighted by atomic mass is 16.5.